The number of rotatable bonds is 6. The average Bonchev–Trinajstić information content (AvgIpc) is 3.40. The molecule has 4 rings (SSSR count). The predicted octanol–water partition coefficient (Wildman–Crippen LogP) is 3.28. The van der Waals surface area contributed by atoms with E-state index in [1.165, 1.54) is 24.3 Å². The van der Waals surface area contributed by atoms with E-state index in [4.69, 9.17) is 9.47 Å². The maximum absolute atomic E-state index is 12.8. The summed E-state index contributed by atoms with van der Waals surface area (Å²) in [5, 5.41) is 2.22. The molecule has 1 N–H and O–H groups in total. The molecule has 1 fully saturated rings. The molecule has 2 aromatic rings. The highest BCUT2D eigenvalue weighted by molar-refractivity contribution is 6.22. The van der Waals surface area contributed by atoms with Crippen molar-refractivity contribution >= 4 is 29.4 Å². The van der Waals surface area contributed by atoms with Crippen LogP contribution in [0.15, 0.2) is 42.5 Å². The predicted molar refractivity (Wildman–Crippen MR) is 111 cm³/mol. The van der Waals surface area contributed by atoms with E-state index in [0.717, 1.165) is 35.9 Å². The third-order valence-electron chi connectivity index (χ3n) is 5.42. The number of amides is 3. The molecule has 0 bridgehead atoms. The van der Waals surface area contributed by atoms with Crippen LogP contribution >= 0.6 is 0 Å². The van der Waals surface area contributed by atoms with E-state index in [9.17, 15) is 32.3 Å². The first kappa shape index (κ1) is 23.4. The van der Waals surface area contributed by atoms with Crippen molar-refractivity contribution in [3.63, 3.8) is 0 Å². The van der Waals surface area contributed by atoms with E-state index in [1.807, 2.05) is 0 Å². The zero-order chi connectivity index (χ0) is 24.5. The lowest BCUT2D eigenvalue weighted by molar-refractivity contribution is -0.137. The Morgan fingerprint density at radius 3 is 2.56 bits per heavy atom. The van der Waals surface area contributed by atoms with E-state index < -0.39 is 42.0 Å². The van der Waals surface area contributed by atoms with Gasteiger partial charge in [0.25, 0.3) is 17.7 Å². The number of nitrogens with one attached hydrogen (secondary N) is 1. The van der Waals surface area contributed by atoms with Crippen LogP contribution in [-0.2, 0) is 20.4 Å². The van der Waals surface area contributed by atoms with Crippen molar-refractivity contribution < 1.29 is 41.8 Å². The summed E-state index contributed by atoms with van der Waals surface area (Å²) >= 11 is 0. The first-order valence-corrected chi connectivity index (χ1v) is 10.4. The minimum Gasteiger partial charge on any atom is -0.452 e. The van der Waals surface area contributed by atoms with Gasteiger partial charge in [0, 0.05) is 12.3 Å². The molecule has 2 aliphatic heterocycles. The van der Waals surface area contributed by atoms with Gasteiger partial charge in [0.2, 0.25) is 0 Å². The smallest absolute Gasteiger partial charge is 0.416 e. The fourth-order valence-electron chi connectivity index (χ4n) is 3.76. The summed E-state index contributed by atoms with van der Waals surface area (Å²) in [5.41, 5.74) is -0.893. The van der Waals surface area contributed by atoms with Crippen LogP contribution in [0.25, 0.3) is 0 Å². The fourth-order valence-corrected chi connectivity index (χ4v) is 3.76. The SMILES string of the molecule is O=C(COC(=O)c1ccc2c(c1)C(=O)N(C[C@H]1CCCO1)C2=O)Nc1cccc(C(F)(F)F)c1. The monoisotopic (exact) mass is 476 g/mol. The van der Waals surface area contributed by atoms with Gasteiger partial charge in [-0.3, -0.25) is 19.3 Å². The van der Waals surface area contributed by atoms with Gasteiger partial charge in [0.15, 0.2) is 6.61 Å². The van der Waals surface area contributed by atoms with Crippen molar-refractivity contribution in [3.8, 4) is 0 Å². The van der Waals surface area contributed by atoms with Crippen molar-refractivity contribution in [3.05, 3.63) is 64.7 Å². The van der Waals surface area contributed by atoms with Crippen molar-refractivity contribution in [1.29, 1.82) is 0 Å². The van der Waals surface area contributed by atoms with E-state index in [2.05, 4.69) is 5.32 Å². The van der Waals surface area contributed by atoms with Crippen molar-refractivity contribution in [2.45, 2.75) is 25.1 Å². The lowest BCUT2D eigenvalue weighted by Gasteiger charge is -2.17. The molecule has 0 aliphatic carbocycles. The number of ether oxygens (including phenoxy) is 2. The highest BCUT2D eigenvalue weighted by Crippen LogP contribution is 2.30. The number of imide groups is 1. The Labute approximate surface area is 191 Å². The average molecular weight is 476 g/mol. The van der Waals surface area contributed by atoms with Gasteiger partial charge in [-0.2, -0.15) is 13.2 Å². The maximum atomic E-state index is 12.8. The third-order valence-corrected chi connectivity index (χ3v) is 5.42. The molecule has 3 amide bonds. The second-order valence-corrected chi connectivity index (χ2v) is 7.82. The second-order valence-electron chi connectivity index (χ2n) is 7.82. The Hall–Kier alpha value is -3.73. The number of anilines is 1. The molecule has 0 unspecified atom stereocenters. The second kappa shape index (κ2) is 9.26. The van der Waals surface area contributed by atoms with Crippen LogP contribution < -0.4 is 5.32 Å². The van der Waals surface area contributed by atoms with Crippen LogP contribution in [0.2, 0.25) is 0 Å². The van der Waals surface area contributed by atoms with Gasteiger partial charge >= 0.3 is 12.1 Å². The van der Waals surface area contributed by atoms with Gasteiger partial charge in [-0.1, -0.05) is 6.07 Å². The van der Waals surface area contributed by atoms with Crippen LogP contribution in [0, 0.1) is 0 Å². The first-order valence-electron chi connectivity index (χ1n) is 10.4. The van der Waals surface area contributed by atoms with Gasteiger partial charge in [-0.25, -0.2) is 4.79 Å². The van der Waals surface area contributed by atoms with Crippen LogP contribution in [-0.4, -0.2) is 54.5 Å². The number of benzene rings is 2. The standard InChI is InChI=1S/C23H19F3N2O6/c24-23(25,26)14-3-1-4-15(10-14)27-19(29)12-34-22(32)13-6-7-17-18(9-13)21(31)28(20(17)30)11-16-5-2-8-33-16/h1,3-4,6-7,9-10,16H,2,5,8,11-12H2,(H,27,29)/t16-/m1/s1. The molecule has 2 aromatic carbocycles. The number of fused-ring (bicyclic) bond motifs is 1. The minimum atomic E-state index is -4.57. The summed E-state index contributed by atoms with van der Waals surface area (Å²) in [7, 11) is 0. The van der Waals surface area contributed by atoms with Crippen LogP contribution in [0.5, 0.6) is 0 Å². The lowest BCUT2D eigenvalue weighted by atomic mass is 10.1. The Morgan fingerprint density at radius 2 is 1.85 bits per heavy atom. The molecule has 0 spiro atoms. The normalized spacial score (nSPS) is 17.6. The Morgan fingerprint density at radius 1 is 1.09 bits per heavy atom. The van der Waals surface area contributed by atoms with Crippen molar-refractivity contribution in [2.75, 3.05) is 25.1 Å². The summed E-state index contributed by atoms with van der Waals surface area (Å²) in [5.74, 6) is -2.80. The molecule has 11 heteroatoms. The molecule has 2 heterocycles. The van der Waals surface area contributed by atoms with E-state index >= 15 is 0 Å². The third kappa shape index (κ3) is 4.93. The zero-order valence-electron chi connectivity index (χ0n) is 17.7. The topological polar surface area (TPSA) is 102 Å². The molecule has 1 saturated heterocycles. The van der Waals surface area contributed by atoms with Gasteiger partial charge in [-0.05, 0) is 49.2 Å². The van der Waals surface area contributed by atoms with E-state index in [-0.39, 0.29) is 35.0 Å². The zero-order valence-corrected chi connectivity index (χ0v) is 17.7. The summed E-state index contributed by atoms with van der Waals surface area (Å²) in [4.78, 5) is 50.7. The van der Waals surface area contributed by atoms with Gasteiger partial charge in [-0.15, -0.1) is 0 Å². The van der Waals surface area contributed by atoms with Crippen molar-refractivity contribution in [1.82, 2.24) is 4.90 Å². The number of carbonyl (C=O) groups excluding carboxylic acids is 4. The first-order chi connectivity index (χ1) is 16.1. The molecule has 1 atom stereocenters. The van der Waals surface area contributed by atoms with E-state index in [1.54, 1.807) is 0 Å². The number of carbonyl (C=O) groups is 4. The lowest BCUT2D eigenvalue weighted by Crippen LogP contribution is -2.36. The quantitative estimate of drug-likeness (QED) is 0.507. The molecule has 0 saturated carbocycles. The molecule has 0 aromatic heterocycles. The number of alkyl halides is 3. The summed E-state index contributed by atoms with van der Waals surface area (Å²) in [6.07, 6.45) is -3.19. The molecule has 0 radical (unpaired) electrons. The van der Waals surface area contributed by atoms with Crippen LogP contribution in [0.4, 0.5) is 18.9 Å². The van der Waals surface area contributed by atoms with Gasteiger partial charge in [0.1, 0.15) is 0 Å². The molecule has 178 valence electrons. The Bertz CT molecular complexity index is 1160. The molecular formula is C23H19F3N2O6. The fraction of sp³-hybridized carbons (Fsp3) is 0.304. The van der Waals surface area contributed by atoms with Crippen LogP contribution in [0.1, 0.15) is 49.5 Å². The summed E-state index contributed by atoms with van der Waals surface area (Å²) in [6.45, 7) is -0.0583. The highest BCUT2D eigenvalue weighted by atomic mass is 19.4. The van der Waals surface area contributed by atoms with Gasteiger partial charge < -0.3 is 14.8 Å². The van der Waals surface area contributed by atoms with Crippen LogP contribution in [0.3, 0.4) is 0 Å². The molecule has 2 aliphatic rings. The summed E-state index contributed by atoms with van der Waals surface area (Å²) in [6, 6.07) is 7.87. The molecular weight excluding hydrogens is 457 g/mol. The number of halogens is 3. The summed E-state index contributed by atoms with van der Waals surface area (Å²) < 4.78 is 48.7. The number of hydrogen-bond acceptors (Lipinski definition) is 6. The number of nitrogens with zero attached hydrogens (tertiary/aromatic N) is 1. The minimum absolute atomic E-state index is 0.0471. The Balaban J connectivity index is 1.37. The number of hydrogen-bond donors (Lipinski definition) is 1. The molecule has 34 heavy (non-hydrogen) atoms. The highest BCUT2D eigenvalue weighted by Gasteiger charge is 2.38. The Kier molecular flexibility index (Phi) is 6.38. The largest absolute Gasteiger partial charge is 0.452 e. The van der Waals surface area contributed by atoms with Gasteiger partial charge in [0.05, 0.1) is 34.9 Å². The number of esters is 1. The maximum Gasteiger partial charge on any atom is 0.416 e. The van der Waals surface area contributed by atoms with E-state index in [0.29, 0.717) is 6.61 Å². The molecule has 8 nitrogen and oxygen atoms in total. The van der Waals surface area contributed by atoms with Crippen molar-refractivity contribution in [2.24, 2.45) is 0 Å².